The Labute approximate surface area is 195 Å². The van der Waals surface area contributed by atoms with Gasteiger partial charge in [-0.3, -0.25) is 14.9 Å². The largest absolute Gasteiger partial charge is 0.350 e. The number of benzene rings is 2. The number of aromatic nitrogens is 3. The van der Waals surface area contributed by atoms with Crippen molar-refractivity contribution in [3.8, 4) is 0 Å². The second-order valence-corrected chi connectivity index (χ2v) is 8.44. The Balaban J connectivity index is 1.52. The number of fused-ring (bicyclic) bond motifs is 1. The van der Waals surface area contributed by atoms with E-state index < -0.39 is 11.8 Å². The zero-order valence-corrected chi connectivity index (χ0v) is 18.8. The van der Waals surface area contributed by atoms with Crippen molar-refractivity contribution >= 4 is 45.6 Å². The molecule has 2 aromatic carbocycles. The molecular weight excluding hydrogens is 438 g/mol. The maximum absolute atomic E-state index is 12.8. The number of para-hydroxylation sites is 1. The van der Waals surface area contributed by atoms with Gasteiger partial charge in [0.2, 0.25) is 0 Å². The third-order valence-electron chi connectivity index (χ3n) is 5.80. The molecule has 2 aromatic heterocycles. The number of carbonyl (C=O) groups excluding carboxylic acids is 2. The van der Waals surface area contributed by atoms with E-state index in [9.17, 15) is 9.59 Å². The number of hydrogen-bond acceptors (Lipinski definition) is 4. The number of nitrogens with one attached hydrogen (secondary N) is 2. The van der Waals surface area contributed by atoms with E-state index in [1.807, 2.05) is 49.9 Å². The summed E-state index contributed by atoms with van der Waals surface area (Å²) in [7, 11) is 0. The maximum Gasteiger partial charge on any atom is 0.275 e. The molecule has 0 unspecified atom stereocenters. The summed E-state index contributed by atoms with van der Waals surface area (Å²) in [6.45, 7) is 3.64. The van der Waals surface area contributed by atoms with Gasteiger partial charge in [0.05, 0.1) is 11.9 Å². The Bertz CT molecular complexity index is 1420. The first-order valence-electron chi connectivity index (χ1n) is 10.7. The molecular formula is C25H22ClN5O2. The van der Waals surface area contributed by atoms with Crippen molar-refractivity contribution in [2.45, 2.75) is 26.4 Å². The van der Waals surface area contributed by atoms with Crippen molar-refractivity contribution in [1.82, 2.24) is 19.4 Å². The SMILES string of the molecule is Cc1cncn1CCCn1cc(C2=C(Nc3cccc(Cl)c3)C(=O)NC2=O)c2ccccc21. The molecule has 0 bridgehead atoms. The molecule has 4 aromatic rings. The highest BCUT2D eigenvalue weighted by molar-refractivity contribution is 6.38. The average Bonchev–Trinajstić information content (AvgIpc) is 3.44. The summed E-state index contributed by atoms with van der Waals surface area (Å²) in [5, 5.41) is 6.98. The first-order chi connectivity index (χ1) is 16.0. The molecule has 0 saturated heterocycles. The maximum atomic E-state index is 12.8. The molecule has 1 aliphatic heterocycles. The zero-order chi connectivity index (χ0) is 22.9. The second-order valence-electron chi connectivity index (χ2n) is 8.00. The summed E-state index contributed by atoms with van der Waals surface area (Å²) in [5.74, 6) is -0.871. The molecule has 2 amide bonds. The number of carbonyl (C=O) groups is 2. The van der Waals surface area contributed by atoms with Crippen LogP contribution in [-0.2, 0) is 22.7 Å². The lowest BCUT2D eigenvalue weighted by atomic mass is 10.0. The van der Waals surface area contributed by atoms with Crippen LogP contribution in [0.25, 0.3) is 16.5 Å². The van der Waals surface area contributed by atoms with Gasteiger partial charge in [-0.25, -0.2) is 4.98 Å². The lowest BCUT2D eigenvalue weighted by Crippen LogP contribution is -2.24. The van der Waals surface area contributed by atoms with Crippen LogP contribution in [0.4, 0.5) is 5.69 Å². The summed E-state index contributed by atoms with van der Waals surface area (Å²) < 4.78 is 4.25. The highest BCUT2D eigenvalue weighted by Gasteiger charge is 2.33. The third kappa shape index (κ3) is 4.03. The third-order valence-corrected chi connectivity index (χ3v) is 6.04. The van der Waals surface area contributed by atoms with Crippen LogP contribution in [0.3, 0.4) is 0 Å². The minimum absolute atomic E-state index is 0.221. The summed E-state index contributed by atoms with van der Waals surface area (Å²) in [6, 6.07) is 15.0. The first-order valence-corrected chi connectivity index (χ1v) is 11.1. The Morgan fingerprint density at radius 3 is 2.64 bits per heavy atom. The lowest BCUT2D eigenvalue weighted by Gasteiger charge is -2.08. The van der Waals surface area contributed by atoms with E-state index in [-0.39, 0.29) is 5.70 Å². The Morgan fingerprint density at radius 2 is 1.85 bits per heavy atom. The quantitative estimate of drug-likeness (QED) is 0.402. The number of hydrogen-bond donors (Lipinski definition) is 2. The topological polar surface area (TPSA) is 81.0 Å². The molecule has 0 atom stereocenters. The van der Waals surface area contributed by atoms with Crippen LogP contribution in [0.5, 0.6) is 0 Å². The predicted octanol–water partition coefficient (Wildman–Crippen LogP) is 4.37. The fourth-order valence-electron chi connectivity index (χ4n) is 4.21. The number of imidazole rings is 1. The fourth-order valence-corrected chi connectivity index (χ4v) is 4.40. The Kier molecular flexibility index (Phi) is 5.48. The minimum atomic E-state index is -0.456. The average molecular weight is 460 g/mol. The number of amides is 2. The van der Waals surface area contributed by atoms with Gasteiger partial charge in [0.15, 0.2) is 0 Å². The molecule has 0 spiro atoms. The van der Waals surface area contributed by atoms with E-state index in [1.165, 1.54) is 0 Å². The Hall–Kier alpha value is -3.84. The molecule has 33 heavy (non-hydrogen) atoms. The van der Waals surface area contributed by atoms with Gasteiger partial charge in [-0.05, 0) is 37.6 Å². The molecule has 0 aliphatic carbocycles. The number of rotatable bonds is 7. The van der Waals surface area contributed by atoms with E-state index in [4.69, 9.17) is 11.6 Å². The number of nitrogens with zero attached hydrogens (tertiary/aromatic N) is 3. The van der Waals surface area contributed by atoms with Gasteiger partial charge < -0.3 is 14.5 Å². The van der Waals surface area contributed by atoms with E-state index >= 15 is 0 Å². The lowest BCUT2D eigenvalue weighted by molar-refractivity contribution is -0.123. The van der Waals surface area contributed by atoms with Crippen LogP contribution in [0.2, 0.25) is 5.02 Å². The fraction of sp³-hybridized carbons (Fsp3) is 0.160. The first kappa shape index (κ1) is 21.0. The van der Waals surface area contributed by atoms with Crippen LogP contribution in [0.15, 0.2) is 72.9 Å². The van der Waals surface area contributed by atoms with E-state index in [1.54, 1.807) is 24.3 Å². The summed E-state index contributed by atoms with van der Waals surface area (Å²) in [6.07, 6.45) is 6.53. The van der Waals surface area contributed by atoms with Crippen LogP contribution in [0.1, 0.15) is 17.7 Å². The van der Waals surface area contributed by atoms with Crippen molar-refractivity contribution in [3.63, 3.8) is 0 Å². The van der Waals surface area contributed by atoms with Gasteiger partial charge in [-0.2, -0.15) is 0 Å². The van der Waals surface area contributed by atoms with E-state index in [0.717, 1.165) is 41.7 Å². The van der Waals surface area contributed by atoms with Gasteiger partial charge in [0, 0.05) is 58.4 Å². The van der Waals surface area contributed by atoms with Gasteiger partial charge in [-0.1, -0.05) is 35.9 Å². The molecule has 2 N–H and O–H groups in total. The molecule has 7 nitrogen and oxygen atoms in total. The molecule has 166 valence electrons. The van der Waals surface area contributed by atoms with Gasteiger partial charge in [0.1, 0.15) is 5.70 Å². The number of anilines is 1. The molecule has 0 radical (unpaired) electrons. The summed E-state index contributed by atoms with van der Waals surface area (Å²) in [4.78, 5) is 29.6. The molecule has 0 saturated carbocycles. The van der Waals surface area contributed by atoms with Crippen molar-refractivity contribution in [1.29, 1.82) is 0 Å². The monoisotopic (exact) mass is 459 g/mol. The normalized spacial score (nSPS) is 13.8. The standard InChI is InChI=1S/C25H22ClN5O2/c1-16-13-27-15-31(16)11-5-10-30-14-20(19-8-2-3-9-21(19)30)22-23(25(33)29-24(22)32)28-18-7-4-6-17(26)12-18/h2-4,6-9,12-15H,5,10-11H2,1H3,(H2,28,29,32,33). The van der Waals surface area contributed by atoms with Crippen molar-refractivity contribution in [2.24, 2.45) is 0 Å². The van der Waals surface area contributed by atoms with Crippen LogP contribution < -0.4 is 10.6 Å². The molecule has 3 heterocycles. The van der Waals surface area contributed by atoms with Crippen LogP contribution >= 0.6 is 11.6 Å². The predicted molar refractivity (Wildman–Crippen MR) is 129 cm³/mol. The minimum Gasteiger partial charge on any atom is -0.350 e. The Morgan fingerprint density at radius 1 is 1.03 bits per heavy atom. The van der Waals surface area contributed by atoms with E-state index in [2.05, 4.69) is 24.8 Å². The van der Waals surface area contributed by atoms with Crippen molar-refractivity contribution < 1.29 is 9.59 Å². The summed E-state index contributed by atoms with van der Waals surface area (Å²) >= 11 is 6.09. The number of aryl methyl sites for hydroxylation is 3. The van der Waals surface area contributed by atoms with Crippen LogP contribution in [0, 0.1) is 6.92 Å². The smallest absolute Gasteiger partial charge is 0.275 e. The van der Waals surface area contributed by atoms with Gasteiger partial charge in [0.25, 0.3) is 11.8 Å². The summed E-state index contributed by atoms with van der Waals surface area (Å²) in [5.41, 5.74) is 4.05. The molecule has 1 aliphatic rings. The highest BCUT2D eigenvalue weighted by atomic mass is 35.5. The number of halogens is 1. The highest BCUT2D eigenvalue weighted by Crippen LogP contribution is 2.33. The van der Waals surface area contributed by atoms with Crippen molar-refractivity contribution in [2.75, 3.05) is 5.32 Å². The van der Waals surface area contributed by atoms with Gasteiger partial charge >= 0.3 is 0 Å². The number of imide groups is 1. The molecule has 0 fully saturated rings. The van der Waals surface area contributed by atoms with Crippen LogP contribution in [-0.4, -0.2) is 25.9 Å². The zero-order valence-electron chi connectivity index (χ0n) is 18.0. The molecule has 5 rings (SSSR count). The second kappa shape index (κ2) is 8.60. The van der Waals surface area contributed by atoms with Gasteiger partial charge in [-0.15, -0.1) is 0 Å². The molecule has 8 heteroatoms. The van der Waals surface area contributed by atoms with E-state index in [0.29, 0.717) is 16.3 Å². The van der Waals surface area contributed by atoms with Crippen molar-refractivity contribution in [3.05, 3.63) is 89.2 Å².